The number of rotatable bonds is 3. The zero-order chi connectivity index (χ0) is 8.85. The first-order valence-electron chi connectivity index (χ1n) is 3.51. The zero-order valence-corrected chi connectivity index (χ0v) is 7.05. The Morgan fingerprint density at radius 1 is 1.27 bits per heavy atom. The first-order chi connectivity index (χ1) is 5.02. The van der Waals surface area contributed by atoms with E-state index in [9.17, 15) is 9.59 Å². The van der Waals surface area contributed by atoms with Gasteiger partial charge < -0.3 is 5.32 Å². The highest BCUT2D eigenvalue weighted by Crippen LogP contribution is 1.80. The van der Waals surface area contributed by atoms with Crippen molar-refractivity contribution >= 4 is 11.7 Å². The van der Waals surface area contributed by atoms with E-state index in [0.29, 0.717) is 0 Å². The SMILES string of the molecule is CC(=O)/C=C/C(=O)NC(C)C. The van der Waals surface area contributed by atoms with Crippen LogP contribution in [0.4, 0.5) is 0 Å². The molecule has 0 aromatic heterocycles. The van der Waals surface area contributed by atoms with Crippen LogP contribution >= 0.6 is 0 Å². The van der Waals surface area contributed by atoms with Crippen LogP contribution in [-0.2, 0) is 9.59 Å². The van der Waals surface area contributed by atoms with Crippen LogP contribution in [0.25, 0.3) is 0 Å². The topological polar surface area (TPSA) is 46.2 Å². The van der Waals surface area contributed by atoms with E-state index in [1.807, 2.05) is 13.8 Å². The van der Waals surface area contributed by atoms with E-state index in [1.54, 1.807) is 0 Å². The normalized spacial score (nSPS) is 10.5. The van der Waals surface area contributed by atoms with Crippen molar-refractivity contribution in [2.75, 3.05) is 0 Å². The van der Waals surface area contributed by atoms with Crippen molar-refractivity contribution in [2.24, 2.45) is 0 Å². The number of nitrogens with one attached hydrogen (secondary N) is 1. The lowest BCUT2D eigenvalue weighted by Crippen LogP contribution is -2.28. The third-order valence-corrected chi connectivity index (χ3v) is 0.900. The molecule has 0 saturated heterocycles. The molecule has 0 radical (unpaired) electrons. The second-order valence-corrected chi connectivity index (χ2v) is 2.61. The number of hydrogen-bond donors (Lipinski definition) is 1. The molecular formula is C8H13NO2. The van der Waals surface area contributed by atoms with E-state index < -0.39 is 0 Å². The average Bonchev–Trinajstić information content (AvgIpc) is 1.82. The summed E-state index contributed by atoms with van der Waals surface area (Å²) in [6.07, 6.45) is 2.49. The zero-order valence-electron chi connectivity index (χ0n) is 7.05. The number of allylic oxidation sites excluding steroid dienone is 1. The lowest BCUT2D eigenvalue weighted by Gasteiger charge is -2.03. The molecule has 11 heavy (non-hydrogen) atoms. The summed E-state index contributed by atoms with van der Waals surface area (Å²) in [5.41, 5.74) is 0. The third-order valence-electron chi connectivity index (χ3n) is 0.900. The minimum absolute atomic E-state index is 0.110. The predicted octanol–water partition coefficient (Wildman–Crippen LogP) is 0.656. The Labute approximate surface area is 66.5 Å². The molecule has 0 aliphatic carbocycles. The molecule has 0 atom stereocenters. The monoisotopic (exact) mass is 155 g/mol. The van der Waals surface area contributed by atoms with E-state index >= 15 is 0 Å². The smallest absolute Gasteiger partial charge is 0.244 e. The fourth-order valence-corrected chi connectivity index (χ4v) is 0.526. The third kappa shape index (κ3) is 6.77. The van der Waals surface area contributed by atoms with Crippen molar-refractivity contribution in [3.63, 3.8) is 0 Å². The molecule has 0 bridgehead atoms. The largest absolute Gasteiger partial charge is 0.350 e. The van der Waals surface area contributed by atoms with Crippen LogP contribution in [-0.4, -0.2) is 17.7 Å². The van der Waals surface area contributed by atoms with Crippen LogP contribution in [0.1, 0.15) is 20.8 Å². The molecule has 3 nitrogen and oxygen atoms in total. The highest BCUT2D eigenvalue weighted by atomic mass is 16.1. The summed E-state index contributed by atoms with van der Waals surface area (Å²) in [5, 5.41) is 2.62. The van der Waals surface area contributed by atoms with Crippen LogP contribution in [0.3, 0.4) is 0 Å². The summed E-state index contributed by atoms with van der Waals surface area (Å²) in [5.74, 6) is -0.348. The van der Waals surface area contributed by atoms with Gasteiger partial charge in [0.05, 0.1) is 0 Å². The Bertz CT molecular complexity index is 183. The second kappa shape index (κ2) is 4.66. The van der Waals surface area contributed by atoms with E-state index in [2.05, 4.69) is 5.32 Å². The molecule has 0 rings (SSSR count). The Hall–Kier alpha value is -1.12. The maximum atomic E-state index is 10.8. The van der Waals surface area contributed by atoms with E-state index in [4.69, 9.17) is 0 Å². The molecule has 0 aromatic carbocycles. The van der Waals surface area contributed by atoms with Gasteiger partial charge in [-0.3, -0.25) is 9.59 Å². The standard InChI is InChI=1S/C8H13NO2/c1-6(2)9-8(11)5-4-7(3)10/h4-6H,1-3H3,(H,9,11)/b5-4+. The molecule has 1 N–H and O–H groups in total. The molecular weight excluding hydrogens is 142 g/mol. The van der Waals surface area contributed by atoms with E-state index in [0.717, 1.165) is 0 Å². The minimum Gasteiger partial charge on any atom is -0.350 e. The molecule has 0 heterocycles. The van der Waals surface area contributed by atoms with Gasteiger partial charge in [-0.1, -0.05) is 0 Å². The second-order valence-electron chi connectivity index (χ2n) is 2.61. The highest BCUT2D eigenvalue weighted by molar-refractivity contribution is 5.96. The van der Waals surface area contributed by atoms with Crippen molar-refractivity contribution in [1.29, 1.82) is 0 Å². The van der Waals surface area contributed by atoms with Gasteiger partial charge in [0, 0.05) is 12.1 Å². The number of hydrogen-bond acceptors (Lipinski definition) is 2. The molecule has 0 fully saturated rings. The van der Waals surface area contributed by atoms with Crippen LogP contribution in [0, 0.1) is 0 Å². The van der Waals surface area contributed by atoms with Crippen LogP contribution in [0.5, 0.6) is 0 Å². The Balaban J connectivity index is 3.78. The molecule has 0 unspecified atom stereocenters. The fourth-order valence-electron chi connectivity index (χ4n) is 0.526. The van der Waals surface area contributed by atoms with Gasteiger partial charge in [0.1, 0.15) is 0 Å². The average molecular weight is 155 g/mol. The van der Waals surface area contributed by atoms with E-state index in [1.165, 1.54) is 19.1 Å². The number of carbonyl (C=O) groups is 2. The molecule has 0 spiro atoms. The van der Waals surface area contributed by atoms with Crippen molar-refractivity contribution in [3.8, 4) is 0 Å². The quantitative estimate of drug-likeness (QED) is 0.608. The summed E-state index contributed by atoms with van der Waals surface area (Å²) < 4.78 is 0. The number of ketones is 1. The number of carbonyl (C=O) groups excluding carboxylic acids is 2. The van der Waals surface area contributed by atoms with Gasteiger partial charge in [-0.05, 0) is 26.8 Å². The number of amides is 1. The molecule has 0 aliphatic heterocycles. The molecule has 3 heteroatoms. The van der Waals surface area contributed by atoms with Crippen LogP contribution in [0.2, 0.25) is 0 Å². The van der Waals surface area contributed by atoms with Crippen molar-refractivity contribution < 1.29 is 9.59 Å². The molecule has 0 saturated carbocycles. The highest BCUT2D eigenvalue weighted by Gasteiger charge is 1.96. The van der Waals surface area contributed by atoms with Gasteiger partial charge in [0.2, 0.25) is 5.91 Å². The fraction of sp³-hybridized carbons (Fsp3) is 0.500. The van der Waals surface area contributed by atoms with Crippen LogP contribution in [0.15, 0.2) is 12.2 Å². The molecule has 0 aromatic rings. The van der Waals surface area contributed by atoms with Crippen molar-refractivity contribution in [2.45, 2.75) is 26.8 Å². The van der Waals surface area contributed by atoms with Gasteiger partial charge in [0.15, 0.2) is 5.78 Å². The van der Waals surface area contributed by atoms with Gasteiger partial charge in [-0.2, -0.15) is 0 Å². The van der Waals surface area contributed by atoms with Gasteiger partial charge in [-0.15, -0.1) is 0 Å². The van der Waals surface area contributed by atoms with Gasteiger partial charge in [-0.25, -0.2) is 0 Å². The Kier molecular flexibility index (Phi) is 4.18. The maximum absolute atomic E-state index is 10.8. The maximum Gasteiger partial charge on any atom is 0.244 e. The first kappa shape index (κ1) is 9.88. The summed E-state index contributed by atoms with van der Waals surface area (Å²) in [6, 6.07) is 0.110. The van der Waals surface area contributed by atoms with Crippen LogP contribution < -0.4 is 5.32 Å². The Morgan fingerprint density at radius 3 is 2.18 bits per heavy atom. The van der Waals surface area contributed by atoms with Crippen molar-refractivity contribution in [3.05, 3.63) is 12.2 Å². The lowest BCUT2D eigenvalue weighted by atomic mass is 10.3. The summed E-state index contributed by atoms with van der Waals surface area (Å²) in [6.45, 7) is 5.12. The Morgan fingerprint density at radius 2 is 1.82 bits per heavy atom. The first-order valence-corrected chi connectivity index (χ1v) is 3.51. The summed E-state index contributed by atoms with van der Waals surface area (Å²) in [4.78, 5) is 21.2. The molecule has 1 amide bonds. The predicted molar refractivity (Wildman–Crippen MR) is 43.1 cm³/mol. The molecule has 0 aliphatic rings. The van der Waals surface area contributed by atoms with Crippen molar-refractivity contribution in [1.82, 2.24) is 5.32 Å². The van der Waals surface area contributed by atoms with Gasteiger partial charge in [0.25, 0.3) is 0 Å². The summed E-state index contributed by atoms with van der Waals surface area (Å²) >= 11 is 0. The van der Waals surface area contributed by atoms with E-state index in [-0.39, 0.29) is 17.7 Å². The summed E-state index contributed by atoms with van der Waals surface area (Å²) in [7, 11) is 0. The molecule has 62 valence electrons. The minimum atomic E-state index is -0.227. The van der Waals surface area contributed by atoms with Gasteiger partial charge >= 0.3 is 0 Å². The lowest BCUT2D eigenvalue weighted by molar-refractivity contribution is -0.117.